The van der Waals surface area contributed by atoms with E-state index >= 15 is 0 Å². The fourth-order valence-electron chi connectivity index (χ4n) is 0.787. The lowest BCUT2D eigenvalue weighted by Crippen LogP contribution is -2.18. The van der Waals surface area contributed by atoms with Crippen molar-refractivity contribution in [3.8, 4) is 0 Å². The summed E-state index contributed by atoms with van der Waals surface area (Å²) in [6.07, 6.45) is 2.53. The van der Waals surface area contributed by atoms with Crippen LogP contribution in [0.15, 0.2) is 0 Å². The quantitative estimate of drug-likeness (QED) is 0.466. The van der Waals surface area contributed by atoms with Crippen LogP contribution in [-0.2, 0) is 9.53 Å². The van der Waals surface area contributed by atoms with Crippen molar-refractivity contribution in [2.75, 3.05) is 19.7 Å². The summed E-state index contributed by atoms with van der Waals surface area (Å²) in [5.74, 6) is -0.106. The molecular weight excluding hydrogens is 154 g/mol. The molecule has 0 aromatic rings. The second kappa shape index (κ2) is 8.53. The van der Waals surface area contributed by atoms with Crippen molar-refractivity contribution in [1.29, 1.82) is 0 Å². The minimum absolute atomic E-state index is 0.106. The summed E-state index contributed by atoms with van der Waals surface area (Å²) in [6.45, 7) is 6.46. The van der Waals surface area contributed by atoms with E-state index in [-0.39, 0.29) is 5.97 Å². The number of esters is 1. The molecule has 3 nitrogen and oxygen atoms in total. The Labute approximate surface area is 74.5 Å². The fourth-order valence-corrected chi connectivity index (χ4v) is 0.787. The van der Waals surface area contributed by atoms with Crippen molar-refractivity contribution in [2.24, 2.45) is 0 Å². The van der Waals surface area contributed by atoms with Crippen LogP contribution in [0.3, 0.4) is 0 Å². The summed E-state index contributed by atoms with van der Waals surface area (Å²) in [7, 11) is 0. The third-order valence-electron chi connectivity index (χ3n) is 1.48. The summed E-state index contributed by atoms with van der Waals surface area (Å²) in [6, 6.07) is 0. The normalized spacial score (nSPS) is 9.83. The minimum atomic E-state index is -0.106. The van der Waals surface area contributed by atoms with E-state index in [9.17, 15) is 4.79 Å². The van der Waals surface area contributed by atoms with Crippen LogP contribution in [0.5, 0.6) is 0 Å². The number of carbonyl (C=O) groups excluding carboxylic acids is 1. The molecule has 0 aliphatic heterocycles. The molecule has 0 saturated carbocycles. The van der Waals surface area contributed by atoms with E-state index in [4.69, 9.17) is 4.74 Å². The standard InChI is InChI=1S/C9H19NO2/c1-3-6-10-7-5-8-12-9(11)4-2/h10H,3-8H2,1-2H3. The van der Waals surface area contributed by atoms with Crippen molar-refractivity contribution in [3.05, 3.63) is 0 Å². The lowest BCUT2D eigenvalue weighted by Gasteiger charge is -2.03. The predicted molar refractivity (Wildman–Crippen MR) is 49.0 cm³/mol. The molecule has 0 rings (SSSR count). The summed E-state index contributed by atoms with van der Waals surface area (Å²) < 4.78 is 4.89. The highest BCUT2D eigenvalue weighted by Crippen LogP contribution is 1.86. The van der Waals surface area contributed by atoms with Crippen molar-refractivity contribution < 1.29 is 9.53 Å². The van der Waals surface area contributed by atoms with Crippen LogP contribution in [0, 0.1) is 0 Å². The van der Waals surface area contributed by atoms with Crippen LogP contribution in [-0.4, -0.2) is 25.7 Å². The molecule has 12 heavy (non-hydrogen) atoms. The Bertz CT molecular complexity index is 115. The molecule has 0 unspecified atom stereocenters. The van der Waals surface area contributed by atoms with Crippen LogP contribution < -0.4 is 5.32 Å². The molecular formula is C9H19NO2. The Balaban J connectivity index is 2.95. The van der Waals surface area contributed by atoms with Crippen molar-refractivity contribution in [1.82, 2.24) is 5.32 Å². The second-order valence-corrected chi connectivity index (χ2v) is 2.68. The van der Waals surface area contributed by atoms with Crippen LogP contribution in [0.25, 0.3) is 0 Å². The van der Waals surface area contributed by atoms with E-state index in [1.54, 1.807) is 6.92 Å². The third-order valence-corrected chi connectivity index (χ3v) is 1.48. The summed E-state index contributed by atoms with van der Waals surface area (Å²) in [4.78, 5) is 10.7. The SMILES string of the molecule is CCCNCCCOC(=O)CC. The average Bonchev–Trinajstić information content (AvgIpc) is 2.10. The van der Waals surface area contributed by atoms with Gasteiger partial charge < -0.3 is 10.1 Å². The molecule has 0 spiro atoms. The van der Waals surface area contributed by atoms with Gasteiger partial charge in [-0.25, -0.2) is 0 Å². The molecule has 72 valence electrons. The molecule has 3 heteroatoms. The van der Waals surface area contributed by atoms with Gasteiger partial charge in [-0.2, -0.15) is 0 Å². The van der Waals surface area contributed by atoms with E-state index < -0.39 is 0 Å². The highest BCUT2D eigenvalue weighted by Gasteiger charge is 1.95. The molecule has 0 atom stereocenters. The second-order valence-electron chi connectivity index (χ2n) is 2.68. The van der Waals surface area contributed by atoms with Gasteiger partial charge in [0.1, 0.15) is 0 Å². The molecule has 0 aromatic carbocycles. The van der Waals surface area contributed by atoms with Crippen molar-refractivity contribution in [2.45, 2.75) is 33.1 Å². The highest BCUT2D eigenvalue weighted by atomic mass is 16.5. The van der Waals surface area contributed by atoms with Gasteiger partial charge in [0.25, 0.3) is 0 Å². The van der Waals surface area contributed by atoms with E-state index in [2.05, 4.69) is 12.2 Å². The topological polar surface area (TPSA) is 38.3 Å². The van der Waals surface area contributed by atoms with Crippen LogP contribution in [0.2, 0.25) is 0 Å². The Morgan fingerprint density at radius 3 is 2.67 bits per heavy atom. The molecule has 0 aliphatic carbocycles. The molecule has 1 N–H and O–H groups in total. The molecule has 0 heterocycles. The van der Waals surface area contributed by atoms with Gasteiger partial charge in [-0.05, 0) is 25.9 Å². The largest absolute Gasteiger partial charge is 0.466 e. The zero-order chi connectivity index (χ0) is 9.23. The molecule has 0 bridgehead atoms. The van der Waals surface area contributed by atoms with Gasteiger partial charge in [-0.15, -0.1) is 0 Å². The molecule has 0 saturated heterocycles. The Morgan fingerprint density at radius 2 is 2.08 bits per heavy atom. The van der Waals surface area contributed by atoms with Gasteiger partial charge in [0.15, 0.2) is 0 Å². The van der Waals surface area contributed by atoms with E-state index in [0.717, 1.165) is 25.9 Å². The maximum atomic E-state index is 10.7. The lowest BCUT2D eigenvalue weighted by molar-refractivity contribution is -0.143. The summed E-state index contributed by atoms with van der Waals surface area (Å²) >= 11 is 0. The van der Waals surface area contributed by atoms with E-state index in [1.807, 2.05) is 0 Å². The number of hydrogen-bond acceptors (Lipinski definition) is 3. The average molecular weight is 173 g/mol. The van der Waals surface area contributed by atoms with Gasteiger partial charge in [-0.1, -0.05) is 13.8 Å². The highest BCUT2D eigenvalue weighted by molar-refractivity contribution is 5.68. The first kappa shape index (κ1) is 11.4. The van der Waals surface area contributed by atoms with Gasteiger partial charge in [0.2, 0.25) is 0 Å². The first-order chi connectivity index (χ1) is 5.81. The molecule has 0 radical (unpaired) electrons. The number of ether oxygens (including phenoxy) is 1. The monoisotopic (exact) mass is 173 g/mol. The van der Waals surface area contributed by atoms with Crippen LogP contribution in [0.1, 0.15) is 33.1 Å². The van der Waals surface area contributed by atoms with Crippen LogP contribution >= 0.6 is 0 Å². The maximum Gasteiger partial charge on any atom is 0.305 e. The van der Waals surface area contributed by atoms with Crippen molar-refractivity contribution in [3.63, 3.8) is 0 Å². The zero-order valence-corrected chi connectivity index (χ0v) is 8.06. The van der Waals surface area contributed by atoms with Crippen molar-refractivity contribution >= 4 is 5.97 Å². The molecule has 0 aliphatic rings. The maximum absolute atomic E-state index is 10.7. The van der Waals surface area contributed by atoms with E-state index in [0.29, 0.717) is 13.0 Å². The summed E-state index contributed by atoms with van der Waals surface area (Å²) in [5.41, 5.74) is 0. The van der Waals surface area contributed by atoms with E-state index in [1.165, 1.54) is 0 Å². The number of nitrogens with one attached hydrogen (secondary N) is 1. The number of carbonyl (C=O) groups is 1. The smallest absolute Gasteiger partial charge is 0.305 e. The minimum Gasteiger partial charge on any atom is -0.466 e. The molecule has 0 amide bonds. The zero-order valence-electron chi connectivity index (χ0n) is 8.06. The third kappa shape index (κ3) is 7.54. The number of hydrogen-bond donors (Lipinski definition) is 1. The molecule has 0 aromatic heterocycles. The van der Waals surface area contributed by atoms with Gasteiger partial charge in [0, 0.05) is 6.42 Å². The Kier molecular flexibility index (Phi) is 8.12. The van der Waals surface area contributed by atoms with Crippen LogP contribution in [0.4, 0.5) is 0 Å². The Hall–Kier alpha value is -0.570. The number of rotatable bonds is 7. The van der Waals surface area contributed by atoms with Gasteiger partial charge in [-0.3, -0.25) is 4.79 Å². The Morgan fingerprint density at radius 1 is 1.33 bits per heavy atom. The van der Waals surface area contributed by atoms with Gasteiger partial charge in [0.05, 0.1) is 6.61 Å². The molecule has 0 fully saturated rings. The summed E-state index contributed by atoms with van der Waals surface area (Å²) in [5, 5.41) is 3.24. The lowest BCUT2D eigenvalue weighted by atomic mass is 10.4. The first-order valence-corrected chi connectivity index (χ1v) is 4.67. The van der Waals surface area contributed by atoms with Gasteiger partial charge >= 0.3 is 5.97 Å². The predicted octanol–water partition coefficient (Wildman–Crippen LogP) is 1.33. The fraction of sp³-hybridized carbons (Fsp3) is 0.889. The first-order valence-electron chi connectivity index (χ1n) is 4.67.